The van der Waals surface area contributed by atoms with Crippen LogP contribution in [0.1, 0.15) is 56.4 Å². The van der Waals surface area contributed by atoms with E-state index in [4.69, 9.17) is 4.74 Å². The van der Waals surface area contributed by atoms with Gasteiger partial charge in [0.05, 0.1) is 11.5 Å². The number of esters is 1. The molecule has 2 heterocycles. The normalized spacial score (nSPS) is 18.7. The molecule has 0 aromatic carbocycles. The van der Waals surface area contributed by atoms with Gasteiger partial charge in [0.15, 0.2) is 0 Å². The Hall–Kier alpha value is -1.69. The van der Waals surface area contributed by atoms with Crippen LogP contribution in [0.25, 0.3) is 10.2 Å². The van der Waals surface area contributed by atoms with E-state index in [2.05, 4.69) is 11.9 Å². The van der Waals surface area contributed by atoms with E-state index in [9.17, 15) is 9.59 Å². The molecule has 0 radical (unpaired) electrons. The van der Waals surface area contributed by atoms with Crippen molar-refractivity contribution in [1.29, 1.82) is 0 Å². The van der Waals surface area contributed by atoms with Crippen LogP contribution in [-0.2, 0) is 22.4 Å². The Bertz CT molecular complexity index is 850. The highest BCUT2D eigenvalue weighted by Crippen LogP contribution is 2.36. The van der Waals surface area contributed by atoms with E-state index in [0.29, 0.717) is 17.1 Å². The van der Waals surface area contributed by atoms with E-state index in [0.717, 1.165) is 29.7 Å². The van der Waals surface area contributed by atoms with Crippen molar-refractivity contribution in [3.05, 3.63) is 26.6 Å². The van der Waals surface area contributed by atoms with Gasteiger partial charge < -0.3 is 4.74 Å². The van der Waals surface area contributed by atoms with Crippen LogP contribution in [0.3, 0.4) is 0 Å². The fourth-order valence-corrected chi connectivity index (χ4v) is 4.82. The van der Waals surface area contributed by atoms with Gasteiger partial charge >= 0.3 is 5.97 Å². The SMILES string of the molecule is Cc1nc2sc3c(c2c(=O)n1C(C)C(=O)OC(C)C)CCC(C)C3. The number of aromatic nitrogens is 2. The average Bonchev–Trinajstić information content (AvgIpc) is 2.83. The monoisotopic (exact) mass is 348 g/mol. The Morgan fingerprint density at radius 3 is 2.75 bits per heavy atom. The second-order valence-electron chi connectivity index (χ2n) is 7.03. The standard InChI is InChI=1S/C18H24N2O3S/c1-9(2)23-18(22)11(4)20-12(5)19-16-15(17(20)21)13-7-6-10(3)8-14(13)24-16/h9-11H,6-8H2,1-5H3. The van der Waals surface area contributed by atoms with Gasteiger partial charge in [-0.05, 0) is 58.4 Å². The summed E-state index contributed by atoms with van der Waals surface area (Å²) >= 11 is 1.63. The highest BCUT2D eigenvalue weighted by Gasteiger charge is 2.27. The van der Waals surface area contributed by atoms with Crippen LogP contribution in [0.4, 0.5) is 0 Å². The molecule has 0 saturated carbocycles. The lowest BCUT2D eigenvalue weighted by molar-refractivity contribution is -0.151. The molecule has 0 bridgehead atoms. The molecule has 6 heteroatoms. The van der Waals surface area contributed by atoms with Crippen LogP contribution >= 0.6 is 11.3 Å². The van der Waals surface area contributed by atoms with Gasteiger partial charge in [0.2, 0.25) is 0 Å². The van der Waals surface area contributed by atoms with E-state index >= 15 is 0 Å². The number of thiophene rings is 1. The third-order valence-corrected chi connectivity index (χ3v) is 5.77. The van der Waals surface area contributed by atoms with Crippen molar-refractivity contribution in [2.24, 2.45) is 5.92 Å². The fraction of sp³-hybridized carbons (Fsp3) is 0.611. The predicted molar refractivity (Wildman–Crippen MR) is 95.7 cm³/mol. The van der Waals surface area contributed by atoms with Crippen molar-refractivity contribution in [1.82, 2.24) is 9.55 Å². The van der Waals surface area contributed by atoms with Crippen molar-refractivity contribution >= 4 is 27.5 Å². The molecule has 2 aromatic heterocycles. The summed E-state index contributed by atoms with van der Waals surface area (Å²) in [6.07, 6.45) is 2.82. The molecule has 24 heavy (non-hydrogen) atoms. The largest absolute Gasteiger partial charge is 0.461 e. The van der Waals surface area contributed by atoms with Gasteiger partial charge in [-0.1, -0.05) is 6.92 Å². The van der Waals surface area contributed by atoms with Crippen molar-refractivity contribution in [2.45, 2.75) is 66.0 Å². The molecule has 0 aliphatic heterocycles. The number of aryl methyl sites for hydroxylation is 2. The number of hydrogen-bond acceptors (Lipinski definition) is 5. The number of fused-ring (bicyclic) bond motifs is 3. The maximum Gasteiger partial charge on any atom is 0.329 e. The Morgan fingerprint density at radius 2 is 2.08 bits per heavy atom. The maximum atomic E-state index is 13.1. The van der Waals surface area contributed by atoms with Crippen molar-refractivity contribution in [2.75, 3.05) is 0 Å². The molecule has 0 amide bonds. The first kappa shape index (κ1) is 17.1. The highest BCUT2D eigenvalue weighted by molar-refractivity contribution is 7.18. The molecule has 1 aliphatic rings. The van der Waals surface area contributed by atoms with Gasteiger partial charge in [0.1, 0.15) is 16.7 Å². The minimum Gasteiger partial charge on any atom is -0.461 e. The number of carbonyl (C=O) groups is 1. The number of hydrogen-bond donors (Lipinski definition) is 0. The summed E-state index contributed by atoms with van der Waals surface area (Å²) in [6.45, 7) is 9.33. The van der Waals surface area contributed by atoms with Crippen LogP contribution in [0.5, 0.6) is 0 Å². The Labute approximate surface area is 145 Å². The van der Waals surface area contributed by atoms with Gasteiger partial charge in [0.25, 0.3) is 5.56 Å². The highest BCUT2D eigenvalue weighted by atomic mass is 32.1. The molecule has 130 valence electrons. The van der Waals surface area contributed by atoms with E-state index in [1.54, 1.807) is 39.0 Å². The Morgan fingerprint density at radius 1 is 1.38 bits per heavy atom. The van der Waals surface area contributed by atoms with Crippen LogP contribution in [-0.4, -0.2) is 21.6 Å². The van der Waals surface area contributed by atoms with Crippen molar-refractivity contribution in [3.63, 3.8) is 0 Å². The van der Waals surface area contributed by atoms with E-state index in [1.165, 1.54) is 9.44 Å². The number of carbonyl (C=O) groups excluding carboxylic acids is 1. The minimum absolute atomic E-state index is 0.113. The molecule has 2 aromatic rings. The van der Waals surface area contributed by atoms with E-state index in [1.807, 2.05) is 0 Å². The summed E-state index contributed by atoms with van der Waals surface area (Å²) in [5.41, 5.74) is 1.03. The third kappa shape index (κ3) is 2.88. The molecule has 2 atom stereocenters. The topological polar surface area (TPSA) is 61.2 Å². The van der Waals surface area contributed by atoms with Crippen LogP contribution in [0.15, 0.2) is 4.79 Å². The number of ether oxygens (including phenoxy) is 1. The van der Waals surface area contributed by atoms with E-state index in [-0.39, 0.29) is 11.7 Å². The van der Waals surface area contributed by atoms with Crippen LogP contribution in [0, 0.1) is 12.8 Å². The molecule has 0 spiro atoms. The lowest BCUT2D eigenvalue weighted by Gasteiger charge is -2.19. The van der Waals surface area contributed by atoms with E-state index < -0.39 is 12.0 Å². The van der Waals surface area contributed by atoms with Gasteiger partial charge in [-0.25, -0.2) is 9.78 Å². The summed E-state index contributed by atoms with van der Waals surface area (Å²) < 4.78 is 6.76. The first-order valence-corrected chi connectivity index (χ1v) is 9.35. The van der Waals surface area contributed by atoms with Crippen molar-refractivity contribution < 1.29 is 9.53 Å². The smallest absolute Gasteiger partial charge is 0.329 e. The van der Waals surface area contributed by atoms with Crippen LogP contribution < -0.4 is 5.56 Å². The fourth-order valence-electron chi connectivity index (χ4n) is 3.40. The molecule has 0 N–H and O–H groups in total. The molecule has 2 unspecified atom stereocenters. The zero-order valence-electron chi connectivity index (χ0n) is 14.9. The summed E-state index contributed by atoms with van der Waals surface area (Å²) in [5, 5.41) is 0.705. The second kappa shape index (κ2) is 6.31. The Balaban J connectivity index is 2.13. The zero-order valence-corrected chi connectivity index (χ0v) is 15.7. The first-order valence-electron chi connectivity index (χ1n) is 8.53. The molecule has 5 nitrogen and oxygen atoms in total. The predicted octanol–water partition coefficient (Wildman–Crippen LogP) is 3.40. The molecular formula is C18H24N2O3S. The quantitative estimate of drug-likeness (QED) is 0.798. The second-order valence-corrected chi connectivity index (χ2v) is 8.11. The molecule has 0 fully saturated rings. The molecule has 1 aliphatic carbocycles. The van der Waals surface area contributed by atoms with Gasteiger partial charge in [0, 0.05) is 4.88 Å². The van der Waals surface area contributed by atoms with Gasteiger partial charge in [-0.2, -0.15) is 0 Å². The lowest BCUT2D eigenvalue weighted by atomic mass is 9.89. The number of rotatable bonds is 3. The zero-order chi connectivity index (χ0) is 17.6. The van der Waals surface area contributed by atoms with Crippen LogP contribution in [0.2, 0.25) is 0 Å². The summed E-state index contributed by atoms with van der Waals surface area (Å²) in [5.74, 6) is 0.815. The maximum absolute atomic E-state index is 13.1. The average molecular weight is 348 g/mol. The van der Waals surface area contributed by atoms with Gasteiger partial charge in [-0.15, -0.1) is 11.3 Å². The molecule has 3 rings (SSSR count). The third-order valence-electron chi connectivity index (χ3n) is 4.62. The first-order chi connectivity index (χ1) is 11.3. The summed E-state index contributed by atoms with van der Waals surface area (Å²) in [4.78, 5) is 32.1. The summed E-state index contributed by atoms with van der Waals surface area (Å²) in [6, 6.07) is -0.671. The summed E-state index contributed by atoms with van der Waals surface area (Å²) in [7, 11) is 0. The molecular weight excluding hydrogens is 324 g/mol. The molecule has 0 saturated heterocycles. The Kier molecular flexibility index (Phi) is 4.51. The van der Waals surface area contributed by atoms with Gasteiger partial charge in [-0.3, -0.25) is 9.36 Å². The number of nitrogens with zero attached hydrogens (tertiary/aromatic N) is 2. The lowest BCUT2D eigenvalue weighted by Crippen LogP contribution is -2.33. The minimum atomic E-state index is -0.671. The van der Waals surface area contributed by atoms with Crippen molar-refractivity contribution in [3.8, 4) is 0 Å².